The second kappa shape index (κ2) is 6.68. The zero-order chi connectivity index (χ0) is 17.1. The SMILES string of the molecule is O=C(Nc1ccc(Cl)cc1)c1ccc(-c2ccc(F)cc2)[nH]c1=O. The van der Waals surface area contributed by atoms with Crippen molar-refractivity contribution in [1.82, 2.24) is 4.98 Å². The number of nitrogens with one attached hydrogen (secondary N) is 2. The number of anilines is 1. The Kier molecular flexibility index (Phi) is 4.44. The monoisotopic (exact) mass is 342 g/mol. The molecule has 1 aromatic heterocycles. The van der Waals surface area contributed by atoms with E-state index in [1.807, 2.05) is 0 Å². The van der Waals surface area contributed by atoms with Crippen molar-refractivity contribution in [2.24, 2.45) is 0 Å². The first-order valence-electron chi connectivity index (χ1n) is 7.09. The maximum Gasteiger partial charge on any atom is 0.261 e. The zero-order valence-electron chi connectivity index (χ0n) is 12.3. The van der Waals surface area contributed by atoms with Crippen LogP contribution in [0.3, 0.4) is 0 Å². The number of halogens is 2. The number of aromatic amines is 1. The second-order valence-corrected chi connectivity index (χ2v) is 5.52. The lowest BCUT2D eigenvalue weighted by Crippen LogP contribution is -2.23. The molecule has 0 fully saturated rings. The van der Waals surface area contributed by atoms with Crippen LogP contribution in [-0.2, 0) is 0 Å². The summed E-state index contributed by atoms with van der Waals surface area (Å²) >= 11 is 5.78. The highest BCUT2D eigenvalue weighted by Gasteiger charge is 2.12. The average molecular weight is 343 g/mol. The molecule has 0 saturated heterocycles. The van der Waals surface area contributed by atoms with Gasteiger partial charge in [-0.25, -0.2) is 4.39 Å². The third kappa shape index (κ3) is 3.52. The van der Waals surface area contributed by atoms with Crippen LogP contribution in [-0.4, -0.2) is 10.9 Å². The molecular formula is C18H12ClFN2O2. The van der Waals surface area contributed by atoms with Gasteiger partial charge in [0, 0.05) is 16.4 Å². The lowest BCUT2D eigenvalue weighted by atomic mass is 10.1. The molecule has 4 nitrogen and oxygen atoms in total. The van der Waals surface area contributed by atoms with Gasteiger partial charge >= 0.3 is 0 Å². The van der Waals surface area contributed by atoms with Crippen LogP contribution in [0.2, 0.25) is 5.02 Å². The van der Waals surface area contributed by atoms with Crippen molar-refractivity contribution >= 4 is 23.2 Å². The Labute approximate surface area is 141 Å². The van der Waals surface area contributed by atoms with E-state index < -0.39 is 11.5 Å². The normalized spacial score (nSPS) is 10.4. The third-order valence-corrected chi connectivity index (χ3v) is 3.66. The van der Waals surface area contributed by atoms with Crippen LogP contribution in [0.1, 0.15) is 10.4 Å². The van der Waals surface area contributed by atoms with E-state index in [0.29, 0.717) is 22.0 Å². The van der Waals surface area contributed by atoms with Crippen molar-refractivity contribution < 1.29 is 9.18 Å². The summed E-state index contributed by atoms with van der Waals surface area (Å²) in [6.45, 7) is 0. The molecule has 0 aliphatic carbocycles. The summed E-state index contributed by atoms with van der Waals surface area (Å²) < 4.78 is 13.0. The van der Waals surface area contributed by atoms with Gasteiger partial charge in [0.25, 0.3) is 11.5 Å². The number of H-pyrrole nitrogens is 1. The van der Waals surface area contributed by atoms with E-state index in [9.17, 15) is 14.0 Å². The highest BCUT2D eigenvalue weighted by atomic mass is 35.5. The summed E-state index contributed by atoms with van der Waals surface area (Å²) in [5.41, 5.74) is 1.15. The first kappa shape index (κ1) is 16.0. The Balaban J connectivity index is 1.84. The van der Waals surface area contributed by atoms with Crippen molar-refractivity contribution in [2.75, 3.05) is 5.32 Å². The van der Waals surface area contributed by atoms with Crippen LogP contribution < -0.4 is 10.9 Å². The van der Waals surface area contributed by atoms with Gasteiger partial charge in [0.1, 0.15) is 11.4 Å². The van der Waals surface area contributed by atoms with Crippen LogP contribution in [0.5, 0.6) is 0 Å². The molecule has 1 heterocycles. The van der Waals surface area contributed by atoms with Gasteiger partial charge in [-0.1, -0.05) is 11.6 Å². The number of rotatable bonds is 3. The molecule has 2 N–H and O–H groups in total. The minimum atomic E-state index is -0.525. The Hall–Kier alpha value is -2.92. The Morgan fingerprint density at radius 3 is 2.25 bits per heavy atom. The molecule has 0 spiro atoms. The average Bonchev–Trinajstić information content (AvgIpc) is 2.57. The predicted octanol–water partition coefficient (Wildman–Crippen LogP) is 4.09. The summed E-state index contributed by atoms with van der Waals surface area (Å²) in [6.07, 6.45) is 0. The van der Waals surface area contributed by atoms with Gasteiger partial charge < -0.3 is 10.3 Å². The van der Waals surface area contributed by atoms with Crippen LogP contribution in [0.4, 0.5) is 10.1 Å². The number of hydrogen-bond acceptors (Lipinski definition) is 2. The fourth-order valence-electron chi connectivity index (χ4n) is 2.18. The molecule has 1 amide bonds. The Morgan fingerprint density at radius 2 is 1.62 bits per heavy atom. The molecule has 2 aromatic carbocycles. The molecule has 3 aromatic rings. The van der Waals surface area contributed by atoms with Crippen LogP contribution in [0, 0.1) is 5.82 Å². The topological polar surface area (TPSA) is 62.0 Å². The van der Waals surface area contributed by atoms with Crippen LogP contribution in [0.25, 0.3) is 11.3 Å². The molecule has 24 heavy (non-hydrogen) atoms. The first-order valence-corrected chi connectivity index (χ1v) is 7.47. The van der Waals surface area contributed by atoms with Gasteiger partial charge in [0.2, 0.25) is 0 Å². The van der Waals surface area contributed by atoms with E-state index in [1.54, 1.807) is 42.5 Å². The number of hydrogen-bond donors (Lipinski definition) is 2. The maximum absolute atomic E-state index is 13.0. The smallest absolute Gasteiger partial charge is 0.261 e. The van der Waals surface area contributed by atoms with Crippen molar-refractivity contribution in [1.29, 1.82) is 0 Å². The van der Waals surface area contributed by atoms with E-state index in [4.69, 9.17) is 11.6 Å². The molecule has 0 unspecified atom stereocenters. The molecular weight excluding hydrogens is 331 g/mol. The third-order valence-electron chi connectivity index (χ3n) is 3.41. The molecule has 0 bridgehead atoms. The summed E-state index contributed by atoms with van der Waals surface area (Å²) in [7, 11) is 0. The molecule has 3 rings (SSSR count). The first-order chi connectivity index (χ1) is 11.5. The zero-order valence-corrected chi connectivity index (χ0v) is 13.1. The van der Waals surface area contributed by atoms with E-state index in [0.717, 1.165) is 0 Å². The van der Waals surface area contributed by atoms with Gasteiger partial charge in [-0.2, -0.15) is 0 Å². The highest BCUT2D eigenvalue weighted by molar-refractivity contribution is 6.30. The largest absolute Gasteiger partial charge is 0.322 e. The number of amides is 1. The van der Waals surface area contributed by atoms with Gasteiger partial charge in [0.05, 0.1) is 0 Å². The maximum atomic E-state index is 13.0. The number of carbonyl (C=O) groups excluding carboxylic acids is 1. The summed E-state index contributed by atoms with van der Waals surface area (Å²) in [4.78, 5) is 27.0. The lowest BCUT2D eigenvalue weighted by Gasteiger charge is -2.06. The molecule has 120 valence electrons. The Bertz CT molecular complexity index is 934. The van der Waals surface area contributed by atoms with Gasteiger partial charge in [-0.05, 0) is 66.2 Å². The summed E-state index contributed by atoms with van der Waals surface area (Å²) in [5.74, 6) is -0.885. The standard InChI is InChI=1S/C18H12ClFN2O2/c19-12-3-7-14(8-4-12)21-17(23)15-9-10-16(22-18(15)24)11-1-5-13(20)6-2-11/h1-10H,(H,21,23)(H,22,24). The molecule has 6 heteroatoms. The quantitative estimate of drug-likeness (QED) is 0.753. The van der Waals surface area contributed by atoms with E-state index in [1.165, 1.54) is 18.2 Å². The van der Waals surface area contributed by atoms with Crippen LogP contribution >= 0.6 is 11.6 Å². The fraction of sp³-hybridized carbons (Fsp3) is 0. The lowest BCUT2D eigenvalue weighted by molar-refractivity contribution is 0.102. The number of aromatic nitrogens is 1. The second-order valence-electron chi connectivity index (χ2n) is 5.08. The molecule has 0 aliphatic heterocycles. The van der Waals surface area contributed by atoms with Crippen molar-refractivity contribution in [3.05, 3.63) is 87.4 Å². The minimum absolute atomic E-state index is 0.0178. The van der Waals surface area contributed by atoms with E-state index >= 15 is 0 Å². The predicted molar refractivity (Wildman–Crippen MR) is 91.9 cm³/mol. The number of pyridine rings is 1. The summed E-state index contributed by atoms with van der Waals surface area (Å²) in [6, 6.07) is 15.3. The van der Waals surface area contributed by atoms with Crippen molar-refractivity contribution in [3.8, 4) is 11.3 Å². The van der Waals surface area contributed by atoms with Gasteiger partial charge in [-0.3, -0.25) is 9.59 Å². The van der Waals surface area contributed by atoms with Crippen LogP contribution in [0.15, 0.2) is 65.5 Å². The van der Waals surface area contributed by atoms with Gasteiger partial charge in [0.15, 0.2) is 0 Å². The minimum Gasteiger partial charge on any atom is -0.322 e. The summed E-state index contributed by atoms with van der Waals surface area (Å²) in [5, 5.41) is 3.18. The number of benzene rings is 2. The molecule has 0 radical (unpaired) electrons. The van der Waals surface area contributed by atoms with Crippen molar-refractivity contribution in [3.63, 3.8) is 0 Å². The molecule has 0 saturated carbocycles. The molecule has 0 aliphatic rings. The van der Waals surface area contributed by atoms with E-state index in [-0.39, 0.29) is 11.4 Å². The van der Waals surface area contributed by atoms with Gasteiger partial charge in [-0.15, -0.1) is 0 Å². The number of carbonyl (C=O) groups is 1. The Morgan fingerprint density at radius 1 is 0.958 bits per heavy atom. The fourth-order valence-corrected chi connectivity index (χ4v) is 2.31. The highest BCUT2D eigenvalue weighted by Crippen LogP contribution is 2.17. The van der Waals surface area contributed by atoms with E-state index in [2.05, 4.69) is 10.3 Å². The molecule has 0 atom stereocenters. The van der Waals surface area contributed by atoms with Crippen molar-refractivity contribution in [2.45, 2.75) is 0 Å².